The van der Waals surface area contributed by atoms with E-state index in [1.807, 2.05) is 12.1 Å². The third-order valence-corrected chi connectivity index (χ3v) is 2.28. The van der Waals surface area contributed by atoms with E-state index in [0.717, 1.165) is 5.75 Å². The van der Waals surface area contributed by atoms with Crippen molar-refractivity contribution >= 4 is 0 Å². The third kappa shape index (κ3) is 2.62. The fraction of sp³-hybridized carbons (Fsp3) is 0.333. The molecule has 0 fully saturated rings. The summed E-state index contributed by atoms with van der Waals surface area (Å²) in [4.78, 5) is 0. The first-order chi connectivity index (χ1) is 6.27. The molecule has 0 aliphatic heterocycles. The highest BCUT2D eigenvalue weighted by atomic mass is 16.5. The molecule has 0 aliphatic carbocycles. The van der Waals surface area contributed by atoms with Gasteiger partial charge in [-0.05, 0) is 30.0 Å². The monoisotopic (exact) mass is 176 g/mol. The van der Waals surface area contributed by atoms with Crippen molar-refractivity contribution in [2.75, 3.05) is 0 Å². The van der Waals surface area contributed by atoms with E-state index in [1.54, 1.807) is 0 Å². The zero-order valence-electron chi connectivity index (χ0n) is 8.29. The Kier molecular flexibility index (Phi) is 3.56. The summed E-state index contributed by atoms with van der Waals surface area (Å²) in [6, 6.07) is 8.16. The summed E-state index contributed by atoms with van der Waals surface area (Å²) in [5.41, 5.74) is 1.36. The maximum atomic E-state index is 5.14. The number of rotatable bonds is 4. The zero-order valence-corrected chi connectivity index (χ0v) is 8.29. The molecule has 1 unspecified atom stereocenters. The van der Waals surface area contributed by atoms with Crippen molar-refractivity contribution in [3.63, 3.8) is 0 Å². The first-order valence-corrected chi connectivity index (χ1v) is 4.65. The van der Waals surface area contributed by atoms with Gasteiger partial charge in [-0.15, -0.1) is 0 Å². The summed E-state index contributed by atoms with van der Waals surface area (Å²) < 4.78 is 5.14. The second-order valence-corrected chi connectivity index (χ2v) is 3.16. The molecule has 1 nitrogen and oxygen atoms in total. The van der Waals surface area contributed by atoms with Crippen molar-refractivity contribution in [2.24, 2.45) is 0 Å². The van der Waals surface area contributed by atoms with Crippen LogP contribution in [-0.4, -0.2) is 0 Å². The molecule has 0 saturated carbocycles. The van der Waals surface area contributed by atoms with Crippen LogP contribution >= 0.6 is 0 Å². The van der Waals surface area contributed by atoms with Crippen LogP contribution in [0.4, 0.5) is 0 Å². The van der Waals surface area contributed by atoms with Crippen LogP contribution in [-0.2, 0) is 0 Å². The lowest BCUT2D eigenvalue weighted by molar-refractivity contribution is 0.483. The Morgan fingerprint density at radius 2 is 2.00 bits per heavy atom. The predicted molar refractivity (Wildman–Crippen MR) is 56.0 cm³/mol. The second kappa shape index (κ2) is 4.70. The van der Waals surface area contributed by atoms with E-state index in [-0.39, 0.29) is 0 Å². The van der Waals surface area contributed by atoms with Crippen LogP contribution in [0.3, 0.4) is 0 Å². The van der Waals surface area contributed by atoms with Gasteiger partial charge < -0.3 is 4.74 Å². The second-order valence-electron chi connectivity index (χ2n) is 3.16. The van der Waals surface area contributed by atoms with Crippen LogP contribution in [0.1, 0.15) is 31.7 Å². The minimum Gasteiger partial charge on any atom is -0.466 e. The van der Waals surface area contributed by atoms with E-state index in [4.69, 9.17) is 4.74 Å². The molecule has 1 atom stereocenters. The molecule has 0 amide bonds. The molecule has 70 valence electrons. The van der Waals surface area contributed by atoms with E-state index in [1.165, 1.54) is 18.2 Å². The fourth-order valence-corrected chi connectivity index (χ4v) is 1.21. The van der Waals surface area contributed by atoms with Gasteiger partial charge in [0.1, 0.15) is 5.75 Å². The molecule has 1 heteroatoms. The van der Waals surface area contributed by atoms with Gasteiger partial charge in [0.25, 0.3) is 0 Å². The molecule has 0 aliphatic rings. The smallest absolute Gasteiger partial charge is 0.126 e. The van der Waals surface area contributed by atoms with Crippen molar-refractivity contribution in [2.45, 2.75) is 26.2 Å². The van der Waals surface area contributed by atoms with E-state index in [2.05, 4.69) is 32.6 Å². The fourth-order valence-electron chi connectivity index (χ4n) is 1.21. The topological polar surface area (TPSA) is 9.23 Å². The van der Waals surface area contributed by atoms with Crippen LogP contribution in [0.15, 0.2) is 37.1 Å². The third-order valence-electron chi connectivity index (χ3n) is 2.28. The van der Waals surface area contributed by atoms with E-state index >= 15 is 0 Å². The van der Waals surface area contributed by atoms with Gasteiger partial charge in [-0.2, -0.15) is 0 Å². The van der Waals surface area contributed by atoms with Crippen LogP contribution in [0.2, 0.25) is 0 Å². The summed E-state index contributed by atoms with van der Waals surface area (Å²) >= 11 is 0. The Morgan fingerprint density at radius 1 is 1.38 bits per heavy atom. The predicted octanol–water partition coefficient (Wildman–Crippen LogP) is 3.72. The van der Waals surface area contributed by atoms with Gasteiger partial charge in [0.15, 0.2) is 0 Å². The van der Waals surface area contributed by atoms with Crippen molar-refractivity contribution in [3.8, 4) is 5.75 Å². The van der Waals surface area contributed by atoms with Gasteiger partial charge in [0.05, 0.1) is 6.26 Å². The molecule has 0 N–H and O–H groups in total. The van der Waals surface area contributed by atoms with Crippen LogP contribution in [0.25, 0.3) is 0 Å². The summed E-state index contributed by atoms with van der Waals surface area (Å²) in [5.74, 6) is 1.47. The maximum absolute atomic E-state index is 5.14. The van der Waals surface area contributed by atoms with Crippen molar-refractivity contribution in [3.05, 3.63) is 42.7 Å². The quantitative estimate of drug-likeness (QED) is 0.635. The molecule has 0 bridgehead atoms. The summed E-state index contributed by atoms with van der Waals surface area (Å²) in [7, 11) is 0. The van der Waals surface area contributed by atoms with E-state index < -0.39 is 0 Å². The molecule has 13 heavy (non-hydrogen) atoms. The SMILES string of the molecule is C=COc1ccc(C(C)CC)cc1. The van der Waals surface area contributed by atoms with Crippen LogP contribution < -0.4 is 4.74 Å². The van der Waals surface area contributed by atoms with E-state index in [9.17, 15) is 0 Å². The highest BCUT2D eigenvalue weighted by Gasteiger charge is 2.01. The van der Waals surface area contributed by atoms with Gasteiger partial charge in [0.2, 0.25) is 0 Å². The zero-order chi connectivity index (χ0) is 9.68. The molecule has 1 aromatic rings. The standard InChI is InChI=1S/C12H16O/c1-4-10(3)11-6-8-12(9-7-11)13-5-2/h5-10H,2,4H2,1,3H3. The molecule has 0 aromatic heterocycles. The average molecular weight is 176 g/mol. The molecule has 1 rings (SSSR count). The number of hydrogen-bond donors (Lipinski definition) is 0. The molecule has 0 saturated heterocycles. The Bertz CT molecular complexity index is 261. The van der Waals surface area contributed by atoms with Gasteiger partial charge in [-0.25, -0.2) is 0 Å². The lowest BCUT2D eigenvalue weighted by Gasteiger charge is -2.08. The lowest BCUT2D eigenvalue weighted by atomic mass is 9.99. The van der Waals surface area contributed by atoms with E-state index in [0.29, 0.717) is 5.92 Å². The van der Waals surface area contributed by atoms with Gasteiger partial charge in [-0.1, -0.05) is 32.6 Å². The highest BCUT2D eigenvalue weighted by molar-refractivity contribution is 5.29. The summed E-state index contributed by atoms with van der Waals surface area (Å²) in [5, 5.41) is 0. The summed E-state index contributed by atoms with van der Waals surface area (Å²) in [6.45, 7) is 7.93. The molecular formula is C12H16O. The molecule has 0 radical (unpaired) electrons. The molecular weight excluding hydrogens is 160 g/mol. The Labute approximate surface area is 80.0 Å². The highest BCUT2D eigenvalue weighted by Crippen LogP contribution is 2.21. The first kappa shape index (κ1) is 9.85. The number of benzene rings is 1. The minimum absolute atomic E-state index is 0.623. The molecule has 0 heterocycles. The summed E-state index contributed by atoms with van der Waals surface area (Å²) in [6.07, 6.45) is 2.61. The van der Waals surface area contributed by atoms with Crippen molar-refractivity contribution < 1.29 is 4.74 Å². The normalized spacial score (nSPS) is 12.2. The minimum atomic E-state index is 0.623. The van der Waals surface area contributed by atoms with Crippen molar-refractivity contribution in [1.82, 2.24) is 0 Å². The largest absolute Gasteiger partial charge is 0.466 e. The number of hydrogen-bond acceptors (Lipinski definition) is 1. The first-order valence-electron chi connectivity index (χ1n) is 4.65. The van der Waals surface area contributed by atoms with Crippen LogP contribution in [0, 0.1) is 0 Å². The Morgan fingerprint density at radius 3 is 2.46 bits per heavy atom. The Hall–Kier alpha value is -1.24. The Balaban J connectivity index is 2.74. The van der Waals surface area contributed by atoms with Gasteiger partial charge in [0, 0.05) is 0 Å². The van der Waals surface area contributed by atoms with Gasteiger partial charge in [-0.3, -0.25) is 0 Å². The molecule has 1 aromatic carbocycles. The molecule has 0 spiro atoms. The number of ether oxygens (including phenoxy) is 1. The average Bonchev–Trinajstić information content (AvgIpc) is 2.18. The maximum Gasteiger partial charge on any atom is 0.126 e. The van der Waals surface area contributed by atoms with Crippen molar-refractivity contribution in [1.29, 1.82) is 0 Å². The lowest BCUT2D eigenvalue weighted by Crippen LogP contribution is -1.90. The van der Waals surface area contributed by atoms with Gasteiger partial charge >= 0.3 is 0 Å². The van der Waals surface area contributed by atoms with Crippen LogP contribution in [0.5, 0.6) is 5.75 Å².